The molecule has 2 heterocycles. The average molecular weight is 674 g/mol. The monoisotopic (exact) mass is 673 g/mol. The van der Waals surface area contributed by atoms with E-state index in [2.05, 4.69) is 19.9 Å². The molecule has 0 fully saturated rings. The van der Waals surface area contributed by atoms with E-state index < -0.39 is 35.3 Å². The number of esters is 1. The Balaban J connectivity index is 0.000000194. The molecule has 1 amide bonds. The molecular weight excluding hydrogens is 640 g/mol. The van der Waals surface area contributed by atoms with Crippen molar-refractivity contribution in [3.05, 3.63) is 167 Å². The van der Waals surface area contributed by atoms with Crippen LogP contribution in [0.25, 0.3) is 22.8 Å². The molecule has 0 aliphatic carbocycles. The molecule has 6 rings (SSSR count). The van der Waals surface area contributed by atoms with E-state index in [0.717, 1.165) is 22.3 Å². The summed E-state index contributed by atoms with van der Waals surface area (Å²) in [6.45, 7) is 3.82. The Hall–Kier alpha value is -6.20. The highest BCUT2D eigenvalue weighted by Gasteiger charge is 2.27. The lowest BCUT2D eigenvalue weighted by Crippen LogP contribution is -2.27. The van der Waals surface area contributed by atoms with Crippen LogP contribution in [-0.2, 0) is 14.3 Å². The number of aromatic nitrogens is 4. The maximum Gasteiger partial charge on any atom is 0.317 e. The average Bonchev–Trinajstić information content (AvgIpc) is 3.15. The molecule has 2 aromatic heterocycles. The van der Waals surface area contributed by atoms with Crippen LogP contribution in [0.1, 0.15) is 45.2 Å². The Kier molecular flexibility index (Phi) is 11.4. The zero-order valence-corrected chi connectivity index (χ0v) is 27.4. The topological polar surface area (TPSA) is 127 Å². The molecule has 4 aromatic carbocycles. The summed E-state index contributed by atoms with van der Waals surface area (Å²) >= 11 is 0. The molecule has 2 N–H and O–H groups in total. The number of hydrogen-bond donors (Lipinski definition) is 2. The molecule has 0 saturated carbocycles. The first-order chi connectivity index (χ1) is 24.2. The first-order valence-electron chi connectivity index (χ1n) is 15.5. The van der Waals surface area contributed by atoms with E-state index in [1.807, 2.05) is 26.0 Å². The number of carbonyl (C=O) groups is 2. The van der Waals surface area contributed by atoms with Gasteiger partial charge in [0.1, 0.15) is 17.6 Å². The van der Waals surface area contributed by atoms with Crippen molar-refractivity contribution in [2.75, 3.05) is 7.11 Å². The molecule has 2 atom stereocenters. The van der Waals surface area contributed by atoms with Gasteiger partial charge in [-0.15, -0.1) is 0 Å². The number of nitrogens with one attached hydrogen (secondary N) is 1. The van der Waals surface area contributed by atoms with E-state index in [4.69, 9.17) is 9.94 Å². The van der Waals surface area contributed by atoms with Crippen molar-refractivity contribution in [3.63, 3.8) is 0 Å². The zero-order chi connectivity index (χ0) is 35.6. The molecule has 252 valence electrons. The molecule has 0 aliphatic rings. The summed E-state index contributed by atoms with van der Waals surface area (Å²) in [5.41, 5.74) is 6.81. The fraction of sp³-hybridized carbons (Fsp3) is 0.128. The largest absolute Gasteiger partial charge is 0.468 e. The normalized spacial score (nSPS) is 11.8. The first-order valence-corrected chi connectivity index (χ1v) is 15.5. The van der Waals surface area contributed by atoms with Crippen molar-refractivity contribution < 1.29 is 28.3 Å². The number of hydroxylamine groups is 1. The van der Waals surface area contributed by atoms with E-state index in [0.29, 0.717) is 22.8 Å². The third kappa shape index (κ3) is 8.26. The fourth-order valence-corrected chi connectivity index (χ4v) is 5.25. The van der Waals surface area contributed by atoms with Gasteiger partial charge in [0, 0.05) is 47.0 Å². The second-order valence-corrected chi connectivity index (χ2v) is 11.3. The van der Waals surface area contributed by atoms with Gasteiger partial charge in [0.05, 0.1) is 13.0 Å². The second kappa shape index (κ2) is 16.3. The highest BCUT2D eigenvalue weighted by molar-refractivity contribution is 5.86. The number of amides is 1. The summed E-state index contributed by atoms with van der Waals surface area (Å²) in [5.74, 6) is -2.79. The molecule has 9 nitrogen and oxygen atoms in total. The van der Waals surface area contributed by atoms with E-state index in [9.17, 15) is 18.4 Å². The lowest BCUT2D eigenvalue weighted by atomic mass is 9.89. The number of benzene rings is 4. The summed E-state index contributed by atoms with van der Waals surface area (Å²) < 4.78 is 33.2. The van der Waals surface area contributed by atoms with Crippen LogP contribution in [0.3, 0.4) is 0 Å². The predicted molar refractivity (Wildman–Crippen MR) is 183 cm³/mol. The van der Waals surface area contributed by atoms with Crippen LogP contribution in [0.2, 0.25) is 0 Å². The summed E-state index contributed by atoms with van der Waals surface area (Å²) in [4.78, 5) is 41.4. The first kappa shape index (κ1) is 35.1. The van der Waals surface area contributed by atoms with Crippen molar-refractivity contribution in [2.45, 2.75) is 25.7 Å². The highest BCUT2D eigenvalue weighted by Crippen LogP contribution is 2.30. The van der Waals surface area contributed by atoms with Crippen LogP contribution >= 0.6 is 0 Å². The van der Waals surface area contributed by atoms with Gasteiger partial charge in [-0.25, -0.2) is 34.2 Å². The van der Waals surface area contributed by atoms with Crippen LogP contribution in [0.15, 0.2) is 122 Å². The van der Waals surface area contributed by atoms with Crippen molar-refractivity contribution in [3.8, 4) is 22.8 Å². The third-order valence-electron chi connectivity index (χ3n) is 7.81. The van der Waals surface area contributed by atoms with Gasteiger partial charge < -0.3 is 4.74 Å². The Morgan fingerprint density at radius 1 is 0.620 bits per heavy atom. The maximum absolute atomic E-state index is 14.2. The smallest absolute Gasteiger partial charge is 0.317 e. The zero-order valence-electron chi connectivity index (χ0n) is 27.4. The lowest BCUT2D eigenvalue weighted by Gasteiger charge is -2.17. The maximum atomic E-state index is 14.2. The van der Waals surface area contributed by atoms with Crippen molar-refractivity contribution >= 4 is 11.9 Å². The minimum atomic E-state index is -0.959. The van der Waals surface area contributed by atoms with Crippen LogP contribution < -0.4 is 5.48 Å². The molecule has 50 heavy (non-hydrogen) atoms. The molecule has 0 spiro atoms. The van der Waals surface area contributed by atoms with Gasteiger partial charge in [0.2, 0.25) is 0 Å². The number of aryl methyl sites for hydroxylation is 2. The Morgan fingerprint density at radius 2 is 1.00 bits per heavy atom. The summed E-state index contributed by atoms with van der Waals surface area (Å²) in [5, 5.41) is 9.04. The Bertz CT molecular complexity index is 1910. The minimum absolute atomic E-state index is 0.188. The van der Waals surface area contributed by atoms with Gasteiger partial charge >= 0.3 is 5.97 Å². The number of nitrogens with zero attached hydrogens (tertiary/aromatic N) is 4. The highest BCUT2D eigenvalue weighted by atomic mass is 19.1. The van der Waals surface area contributed by atoms with Crippen molar-refractivity contribution in [1.29, 1.82) is 0 Å². The quantitative estimate of drug-likeness (QED) is 0.0993. The van der Waals surface area contributed by atoms with Gasteiger partial charge in [-0.1, -0.05) is 84.9 Å². The molecule has 0 aliphatic heterocycles. The van der Waals surface area contributed by atoms with Crippen LogP contribution in [0.4, 0.5) is 8.78 Å². The summed E-state index contributed by atoms with van der Waals surface area (Å²) in [6.07, 6.45) is 6.93. The molecule has 0 radical (unpaired) electrons. The van der Waals surface area contributed by atoms with Gasteiger partial charge in [0.15, 0.2) is 11.6 Å². The van der Waals surface area contributed by atoms with Crippen molar-refractivity contribution in [1.82, 2.24) is 25.4 Å². The van der Waals surface area contributed by atoms with Gasteiger partial charge in [-0.2, -0.15) is 0 Å². The summed E-state index contributed by atoms with van der Waals surface area (Å²) in [6, 6.07) is 26.3. The number of methoxy groups -OCH3 is 1. The molecule has 11 heteroatoms. The van der Waals surface area contributed by atoms with E-state index in [1.54, 1.807) is 97.0 Å². The number of halogens is 2. The Morgan fingerprint density at radius 3 is 1.38 bits per heavy atom. The minimum Gasteiger partial charge on any atom is -0.468 e. The standard InChI is InChI=1S/C20H17FN2O2.C19H16FN3O2/c1-13-11-22-19(23-12-13)15-9-7-14(8-10-15)18(20(24)25-2)16-5-3-4-6-17(16)21;1-12-10-21-18(22-11-12)14-8-6-13(7-9-14)17(19(24)23-25)15-4-2-3-5-16(15)20/h3-12,18H,1-2H3;2-11,17,25H,1H3,(H,23,24). The SMILES string of the molecule is COC(=O)C(c1ccc(-c2ncc(C)cn2)cc1)c1ccccc1F.Cc1cnc(-c2ccc(C(C(=O)NO)c3ccccc3F)cc2)nc1. The molecule has 2 unspecified atom stereocenters. The lowest BCUT2D eigenvalue weighted by molar-refractivity contribution is -0.141. The Labute approximate surface area is 287 Å². The van der Waals surface area contributed by atoms with Crippen molar-refractivity contribution in [2.24, 2.45) is 0 Å². The van der Waals surface area contributed by atoms with E-state index >= 15 is 0 Å². The number of hydrogen-bond acceptors (Lipinski definition) is 8. The molecular formula is C39H33F2N5O4. The van der Waals surface area contributed by atoms with Crippen LogP contribution in [0.5, 0.6) is 0 Å². The predicted octanol–water partition coefficient (Wildman–Crippen LogP) is 7.12. The molecule has 0 saturated heterocycles. The van der Waals surface area contributed by atoms with Crippen LogP contribution in [0, 0.1) is 25.5 Å². The summed E-state index contributed by atoms with van der Waals surface area (Å²) in [7, 11) is 1.30. The van der Waals surface area contributed by atoms with Gasteiger partial charge in [-0.3, -0.25) is 14.8 Å². The number of rotatable bonds is 8. The molecule has 0 bridgehead atoms. The van der Waals surface area contributed by atoms with Gasteiger partial charge in [-0.05, 0) is 48.2 Å². The van der Waals surface area contributed by atoms with E-state index in [-0.39, 0.29) is 11.1 Å². The number of ether oxygens (including phenoxy) is 1. The van der Waals surface area contributed by atoms with Crippen LogP contribution in [-0.4, -0.2) is 44.1 Å². The fourth-order valence-electron chi connectivity index (χ4n) is 5.25. The van der Waals surface area contributed by atoms with Gasteiger partial charge in [0.25, 0.3) is 5.91 Å². The number of carbonyl (C=O) groups excluding carboxylic acids is 2. The second-order valence-electron chi connectivity index (χ2n) is 11.3. The van der Waals surface area contributed by atoms with E-state index in [1.165, 1.54) is 25.3 Å². The third-order valence-corrected chi connectivity index (χ3v) is 7.81. The molecule has 6 aromatic rings.